The van der Waals surface area contributed by atoms with Crippen molar-refractivity contribution in [3.8, 4) is 5.75 Å². The number of amides is 2. The Balaban J connectivity index is 1.98. The number of benzene rings is 2. The van der Waals surface area contributed by atoms with Crippen LogP contribution in [0.2, 0.25) is 0 Å². The summed E-state index contributed by atoms with van der Waals surface area (Å²) < 4.78 is 1.07. The zero-order chi connectivity index (χ0) is 16.1. The van der Waals surface area contributed by atoms with Crippen molar-refractivity contribution in [3.63, 3.8) is 0 Å². The summed E-state index contributed by atoms with van der Waals surface area (Å²) in [5.74, 6) is 0.113. The number of hydrogen-bond donors (Lipinski definition) is 3. The molecule has 0 atom stereocenters. The second-order valence-corrected chi connectivity index (χ2v) is 6.18. The Bertz CT molecular complexity index is 709. The van der Waals surface area contributed by atoms with E-state index in [0.717, 1.165) is 11.3 Å². The minimum atomic E-state index is -0.428. The van der Waals surface area contributed by atoms with Crippen LogP contribution in [0.4, 0.5) is 10.5 Å². The van der Waals surface area contributed by atoms with Gasteiger partial charge in [0.05, 0.1) is 15.2 Å². The molecule has 0 heterocycles. The molecular weight excluding hydrogens is 414 g/mol. The molecule has 0 saturated carbocycles. The van der Waals surface area contributed by atoms with Gasteiger partial charge in [0.25, 0.3) is 0 Å². The Morgan fingerprint density at radius 1 is 1.23 bits per heavy atom. The fraction of sp³-hybridized carbons (Fsp3) is 0.0667. The molecule has 2 amide bonds. The fourth-order valence-electron chi connectivity index (χ4n) is 1.69. The lowest BCUT2D eigenvalue weighted by atomic mass is 10.2. The number of carbonyl (C=O) groups is 1. The number of aromatic hydroxyl groups is 1. The van der Waals surface area contributed by atoms with Crippen LogP contribution in [-0.2, 0) is 0 Å². The number of hydrogen-bond acceptors (Lipinski definition) is 3. The summed E-state index contributed by atoms with van der Waals surface area (Å²) in [6.45, 7) is 1.91. The molecule has 2 rings (SSSR count). The Morgan fingerprint density at radius 2 is 1.86 bits per heavy atom. The molecule has 0 saturated heterocycles. The van der Waals surface area contributed by atoms with E-state index in [4.69, 9.17) is 0 Å². The fourth-order valence-corrected chi connectivity index (χ4v) is 2.91. The van der Waals surface area contributed by atoms with E-state index in [2.05, 4.69) is 47.7 Å². The van der Waals surface area contributed by atoms with Crippen LogP contribution < -0.4 is 10.7 Å². The maximum atomic E-state index is 11.7. The number of rotatable bonds is 3. The summed E-state index contributed by atoms with van der Waals surface area (Å²) in [7, 11) is 0. The van der Waals surface area contributed by atoms with Crippen molar-refractivity contribution in [3.05, 3.63) is 56.5 Å². The first-order valence-corrected chi connectivity index (χ1v) is 7.89. The average Bonchev–Trinajstić information content (AvgIpc) is 2.47. The van der Waals surface area contributed by atoms with Gasteiger partial charge in [0, 0.05) is 5.69 Å². The van der Waals surface area contributed by atoms with Crippen LogP contribution in [0, 0.1) is 6.92 Å². The third kappa shape index (κ3) is 4.32. The first kappa shape index (κ1) is 16.5. The quantitative estimate of drug-likeness (QED) is 0.503. The van der Waals surface area contributed by atoms with Crippen molar-refractivity contribution in [2.45, 2.75) is 6.92 Å². The first-order chi connectivity index (χ1) is 10.5. The van der Waals surface area contributed by atoms with Crippen LogP contribution in [-0.4, -0.2) is 17.4 Å². The molecule has 2 aromatic rings. The van der Waals surface area contributed by atoms with Gasteiger partial charge in [0.15, 0.2) is 0 Å². The molecule has 0 aliphatic carbocycles. The van der Waals surface area contributed by atoms with E-state index in [1.165, 1.54) is 6.21 Å². The molecule has 0 bridgehead atoms. The highest BCUT2D eigenvalue weighted by Gasteiger charge is 2.05. The lowest BCUT2D eigenvalue weighted by Gasteiger charge is -2.07. The van der Waals surface area contributed by atoms with Crippen molar-refractivity contribution >= 4 is 49.8 Å². The molecular formula is C15H13Br2N3O2. The molecule has 0 fully saturated rings. The highest BCUT2D eigenvalue weighted by Crippen LogP contribution is 2.32. The average molecular weight is 427 g/mol. The van der Waals surface area contributed by atoms with Gasteiger partial charge in [-0.2, -0.15) is 5.10 Å². The number of urea groups is 1. The molecule has 0 unspecified atom stereocenters. The molecule has 0 aromatic heterocycles. The number of carbonyl (C=O) groups excluding carboxylic acids is 1. The number of anilines is 1. The summed E-state index contributed by atoms with van der Waals surface area (Å²) in [5.41, 5.74) is 4.80. The summed E-state index contributed by atoms with van der Waals surface area (Å²) in [6, 6.07) is 10.4. The van der Waals surface area contributed by atoms with E-state index in [1.54, 1.807) is 12.1 Å². The highest BCUT2D eigenvalue weighted by molar-refractivity contribution is 9.11. The van der Waals surface area contributed by atoms with Gasteiger partial charge >= 0.3 is 6.03 Å². The number of para-hydroxylation sites is 1. The number of halogens is 2. The summed E-state index contributed by atoms with van der Waals surface area (Å²) in [4.78, 5) is 11.7. The molecule has 5 nitrogen and oxygen atoms in total. The van der Waals surface area contributed by atoms with Gasteiger partial charge in [-0.25, -0.2) is 10.2 Å². The minimum absolute atomic E-state index is 0.113. The Hall–Kier alpha value is -1.86. The maximum absolute atomic E-state index is 11.7. The molecule has 114 valence electrons. The van der Waals surface area contributed by atoms with Crippen LogP contribution in [0.5, 0.6) is 5.75 Å². The van der Waals surface area contributed by atoms with Crippen LogP contribution in [0.15, 0.2) is 50.4 Å². The predicted octanol–water partition coefficient (Wildman–Crippen LogP) is 4.38. The van der Waals surface area contributed by atoms with Gasteiger partial charge in [-0.1, -0.05) is 18.2 Å². The Morgan fingerprint density at radius 3 is 2.50 bits per heavy atom. The third-order valence-electron chi connectivity index (χ3n) is 2.81. The third-order valence-corrected chi connectivity index (χ3v) is 4.02. The normalized spacial score (nSPS) is 10.7. The zero-order valence-electron chi connectivity index (χ0n) is 11.6. The molecule has 2 aromatic carbocycles. The molecule has 3 N–H and O–H groups in total. The van der Waals surface area contributed by atoms with Gasteiger partial charge in [-0.3, -0.25) is 0 Å². The summed E-state index contributed by atoms with van der Waals surface area (Å²) in [5, 5.41) is 16.2. The lowest BCUT2D eigenvalue weighted by molar-refractivity contribution is 0.252. The van der Waals surface area contributed by atoms with E-state index in [-0.39, 0.29) is 5.75 Å². The predicted molar refractivity (Wildman–Crippen MR) is 94.4 cm³/mol. The number of hydrazone groups is 1. The second-order valence-electron chi connectivity index (χ2n) is 4.47. The van der Waals surface area contributed by atoms with E-state index < -0.39 is 6.03 Å². The van der Waals surface area contributed by atoms with Gasteiger partial charge in [-0.15, -0.1) is 0 Å². The topological polar surface area (TPSA) is 73.7 Å². The molecule has 22 heavy (non-hydrogen) atoms. The van der Waals surface area contributed by atoms with Crippen molar-refractivity contribution in [2.24, 2.45) is 5.10 Å². The van der Waals surface area contributed by atoms with Gasteiger partial charge in [0.1, 0.15) is 5.75 Å². The Kier molecular flexibility index (Phi) is 5.57. The largest absolute Gasteiger partial charge is 0.506 e. The molecule has 0 aliphatic rings. The molecule has 0 aliphatic heterocycles. The monoisotopic (exact) mass is 425 g/mol. The van der Waals surface area contributed by atoms with E-state index in [1.807, 2.05) is 31.2 Å². The zero-order valence-corrected chi connectivity index (χ0v) is 14.8. The molecule has 0 spiro atoms. The smallest absolute Gasteiger partial charge is 0.339 e. The van der Waals surface area contributed by atoms with E-state index in [9.17, 15) is 9.90 Å². The Labute approximate surface area is 144 Å². The number of nitrogens with zero attached hydrogens (tertiary/aromatic N) is 1. The number of phenols is 1. The van der Waals surface area contributed by atoms with Crippen molar-refractivity contribution in [1.82, 2.24) is 5.43 Å². The van der Waals surface area contributed by atoms with E-state index >= 15 is 0 Å². The van der Waals surface area contributed by atoms with Gasteiger partial charge in [0.2, 0.25) is 0 Å². The van der Waals surface area contributed by atoms with Crippen molar-refractivity contribution in [1.29, 1.82) is 0 Å². The van der Waals surface area contributed by atoms with Crippen LogP contribution in [0.1, 0.15) is 11.1 Å². The second kappa shape index (κ2) is 7.42. The van der Waals surface area contributed by atoms with Crippen LogP contribution >= 0.6 is 31.9 Å². The summed E-state index contributed by atoms with van der Waals surface area (Å²) >= 11 is 6.46. The van der Waals surface area contributed by atoms with Crippen LogP contribution in [0.3, 0.4) is 0 Å². The van der Waals surface area contributed by atoms with Crippen molar-refractivity contribution < 1.29 is 9.90 Å². The van der Waals surface area contributed by atoms with Gasteiger partial charge < -0.3 is 10.4 Å². The highest BCUT2D eigenvalue weighted by atomic mass is 79.9. The molecule has 0 radical (unpaired) electrons. The first-order valence-electron chi connectivity index (χ1n) is 6.31. The number of nitrogens with one attached hydrogen (secondary N) is 2. The SMILES string of the molecule is Cc1ccccc1NC(=O)NN=Cc1cc(Br)c(O)c(Br)c1. The summed E-state index contributed by atoms with van der Waals surface area (Å²) in [6.07, 6.45) is 1.48. The van der Waals surface area contributed by atoms with E-state index in [0.29, 0.717) is 14.5 Å². The molecule has 7 heteroatoms. The minimum Gasteiger partial charge on any atom is -0.506 e. The van der Waals surface area contributed by atoms with Gasteiger partial charge in [-0.05, 0) is 68.1 Å². The van der Waals surface area contributed by atoms with Crippen LogP contribution in [0.25, 0.3) is 0 Å². The number of aryl methyl sites for hydroxylation is 1. The van der Waals surface area contributed by atoms with Crippen molar-refractivity contribution in [2.75, 3.05) is 5.32 Å². The lowest BCUT2D eigenvalue weighted by Crippen LogP contribution is -2.24. The number of phenolic OH excluding ortho intramolecular Hbond substituents is 1. The standard InChI is InChI=1S/C15H13Br2N3O2/c1-9-4-2-3-5-13(9)19-15(22)20-18-8-10-6-11(16)14(21)12(17)7-10/h2-8,21H,1H3,(H2,19,20,22). The maximum Gasteiger partial charge on any atom is 0.339 e.